The van der Waals surface area contributed by atoms with Gasteiger partial charge in [0.15, 0.2) is 12.4 Å². The number of nitrogens with zero attached hydrogens (tertiary/aromatic N) is 2. The van der Waals surface area contributed by atoms with Crippen molar-refractivity contribution in [1.29, 1.82) is 0 Å². The largest absolute Gasteiger partial charge is 0.484 e. The maximum Gasteiger partial charge on any atom is 0.263 e. The number of anilines is 1. The van der Waals surface area contributed by atoms with Crippen molar-refractivity contribution >= 4 is 11.7 Å². The van der Waals surface area contributed by atoms with Gasteiger partial charge in [-0.3, -0.25) is 9.48 Å². The molecule has 2 aromatic carbocycles. The molecule has 1 aromatic heterocycles. The molecule has 0 spiro atoms. The van der Waals surface area contributed by atoms with Crippen molar-refractivity contribution in [3.8, 4) is 5.75 Å². The van der Waals surface area contributed by atoms with E-state index in [-0.39, 0.29) is 36.3 Å². The van der Waals surface area contributed by atoms with Crippen LogP contribution in [0.1, 0.15) is 43.4 Å². The minimum Gasteiger partial charge on any atom is -0.484 e. The average Bonchev–Trinajstić information content (AvgIpc) is 3.22. The molecule has 33 heavy (non-hydrogen) atoms. The summed E-state index contributed by atoms with van der Waals surface area (Å²) in [6.07, 6.45) is 2.57. The summed E-state index contributed by atoms with van der Waals surface area (Å²) in [7, 11) is 1.79. The number of amides is 1. The van der Waals surface area contributed by atoms with Crippen LogP contribution in [0.25, 0.3) is 0 Å². The molecule has 0 saturated carbocycles. The lowest BCUT2D eigenvalue weighted by atomic mass is 9.76. The van der Waals surface area contributed by atoms with Crippen LogP contribution < -0.4 is 10.1 Å². The van der Waals surface area contributed by atoms with Crippen LogP contribution in [0.5, 0.6) is 5.75 Å². The van der Waals surface area contributed by atoms with Crippen LogP contribution in [-0.4, -0.2) is 28.9 Å². The second kappa shape index (κ2) is 10.2. The Balaban J connectivity index is 1.37. The molecule has 1 saturated heterocycles. The first-order valence-electron chi connectivity index (χ1n) is 11.3. The van der Waals surface area contributed by atoms with Crippen LogP contribution in [0.2, 0.25) is 0 Å². The first-order chi connectivity index (χ1) is 15.9. The summed E-state index contributed by atoms with van der Waals surface area (Å²) in [5, 5.41) is 6.81. The molecule has 1 aliphatic rings. The van der Waals surface area contributed by atoms with Gasteiger partial charge in [0.1, 0.15) is 11.6 Å². The van der Waals surface area contributed by atoms with Gasteiger partial charge in [0.25, 0.3) is 5.91 Å². The third-order valence-corrected chi connectivity index (χ3v) is 6.18. The van der Waals surface area contributed by atoms with E-state index in [1.54, 1.807) is 30.1 Å². The van der Waals surface area contributed by atoms with Crippen LogP contribution in [-0.2, 0) is 16.6 Å². The zero-order valence-corrected chi connectivity index (χ0v) is 19.2. The van der Waals surface area contributed by atoms with Crippen molar-refractivity contribution < 1.29 is 18.7 Å². The summed E-state index contributed by atoms with van der Waals surface area (Å²) in [4.78, 5) is 12.1. The van der Waals surface area contributed by atoms with E-state index in [4.69, 9.17) is 9.47 Å². The fourth-order valence-corrected chi connectivity index (χ4v) is 4.41. The first-order valence-corrected chi connectivity index (χ1v) is 11.3. The van der Waals surface area contributed by atoms with Gasteiger partial charge in [0.2, 0.25) is 0 Å². The van der Waals surface area contributed by atoms with E-state index in [0.717, 1.165) is 17.5 Å². The lowest BCUT2D eigenvalue weighted by Gasteiger charge is -2.39. The zero-order valence-electron chi connectivity index (χ0n) is 19.2. The molecule has 0 aliphatic carbocycles. The number of ether oxygens (including phenoxy) is 2. The Morgan fingerprint density at radius 3 is 2.64 bits per heavy atom. The number of carbonyl (C=O) groups is 1. The molecule has 6 nitrogen and oxygen atoms in total. The highest BCUT2D eigenvalue weighted by atomic mass is 19.1. The van der Waals surface area contributed by atoms with Crippen molar-refractivity contribution in [2.75, 3.05) is 18.5 Å². The van der Waals surface area contributed by atoms with E-state index in [9.17, 15) is 9.18 Å². The van der Waals surface area contributed by atoms with Crippen LogP contribution in [0.3, 0.4) is 0 Å². The lowest BCUT2D eigenvalue weighted by Crippen LogP contribution is -2.31. The molecule has 0 bridgehead atoms. The van der Waals surface area contributed by atoms with Crippen molar-refractivity contribution in [3.63, 3.8) is 0 Å². The predicted octanol–water partition coefficient (Wildman–Crippen LogP) is 5.09. The minimum absolute atomic E-state index is 0.0510. The summed E-state index contributed by atoms with van der Waals surface area (Å²) >= 11 is 0. The van der Waals surface area contributed by atoms with E-state index < -0.39 is 0 Å². The predicted molar refractivity (Wildman–Crippen MR) is 125 cm³/mol. The van der Waals surface area contributed by atoms with Gasteiger partial charge in [0.05, 0.1) is 12.7 Å². The van der Waals surface area contributed by atoms with Gasteiger partial charge >= 0.3 is 0 Å². The second-order valence-electron chi connectivity index (χ2n) is 8.90. The third-order valence-electron chi connectivity index (χ3n) is 6.18. The highest BCUT2D eigenvalue weighted by Crippen LogP contribution is 2.44. The fraction of sp³-hybridized carbons (Fsp3) is 0.385. The zero-order chi connectivity index (χ0) is 23.4. The van der Waals surface area contributed by atoms with Crippen molar-refractivity contribution in [2.24, 2.45) is 18.9 Å². The third kappa shape index (κ3) is 5.60. The van der Waals surface area contributed by atoms with Gasteiger partial charge in [-0.15, -0.1) is 0 Å². The Morgan fingerprint density at radius 1 is 1.21 bits per heavy atom. The molecular formula is C26H30FN3O3. The number of halogens is 1. The van der Waals surface area contributed by atoms with E-state index >= 15 is 0 Å². The van der Waals surface area contributed by atoms with Crippen molar-refractivity contribution in [3.05, 3.63) is 77.7 Å². The molecule has 1 amide bonds. The number of hydrogen-bond acceptors (Lipinski definition) is 4. The summed E-state index contributed by atoms with van der Waals surface area (Å²) in [5.41, 5.74) is 1.79. The molecule has 3 aromatic rings. The quantitative estimate of drug-likeness (QED) is 0.543. The molecular weight excluding hydrogens is 421 g/mol. The number of nitrogens with one attached hydrogen (secondary N) is 1. The Morgan fingerprint density at radius 2 is 1.97 bits per heavy atom. The molecule has 1 fully saturated rings. The minimum atomic E-state index is -0.271. The highest BCUT2D eigenvalue weighted by molar-refractivity contribution is 5.90. The van der Waals surface area contributed by atoms with Gasteiger partial charge in [-0.2, -0.15) is 5.10 Å². The molecule has 2 heterocycles. The number of carbonyl (C=O) groups excluding carboxylic acids is 1. The number of hydrogen-bond donors (Lipinski definition) is 1. The molecule has 0 radical (unpaired) electrons. The van der Waals surface area contributed by atoms with Crippen molar-refractivity contribution in [1.82, 2.24) is 9.78 Å². The van der Waals surface area contributed by atoms with E-state index in [2.05, 4.69) is 24.3 Å². The standard InChI is InChI=1S/C26H30FN3O3/c1-17(2)22-14-19(21-6-4-5-7-23(21)27)15-33-26(22)18-8-10-20(11-9-18)32-16-25(31)28-24-12-13-30(3)29-24/h4-13,17,19,22,26H,14-16H2,1-3H3,(H,28,29,31)/t19-,22-,26-/m0/s1. The Kier molecular flexibility index (Phi) is 7.08. The Bertz CT molecular complexity index is 1080. The lowest BCUT2D eigenvalue weighted by molar-refractivity contribution is -0.118. The molecule has 4 rings (SSSR count). The number of aromatic nitrogens is 2. The molecule has 3 atom stereocenters. The van der Waals surface area contributed by atoms with E-state index in [1.807, 2.05) is 36.4 Å². The van der Waals surface area contributed by atoms with Gasteiger partial charge in [-0.1, -0.05) is 44.2 Å². The maximum absolute atomic E-state index is 14.3. The van der Waals surface area contributed by atoms with E-state index in [0.29, 0.717) is 24.1 Å². The highest BCUT2D eigenvalue weighted by Gasteiger charge is 2.35. The monoisotopic (exact) mass is 451 g/mol. The number of aryl methyl sites for hydroxylation is 1. The van der Waals surface area contributed by atoms with Gasteiger partial charge < -0.3 is 14.8 Å². The molecule has 0 unspecified atom stereocenters. The molecule has 1 N–H and O–H groups in total. The Hall–Kier alpha value is -3.19. The average molecular weight is 452 g/mol. The van der Waals surface area contributed by atoms with Gasteiger partial charge in [0, 0.05) is 25.2 Å². The van der Waals surface area contributed by atoms with Crippen LogP contribution in [0.15, 0.2) is 60.8 Å². The fourth-order valence-electron chi connectivity index (χ4n) is 4.41. The number of benzene rings is 2. The molecule has 1 aliphatic heterocycles. The molecule has 7 heteroatoms. The van der Waals surface area contributed by atoms with Crippen LogP contribution in [0, 0.1) is 17.7 Å². The van der Waals surface area contributed by atoms with Gasteiger partial charge in [-0.05, 0) is 47.6 Å². The smallest absolute Gasteiger partial charge is 0.263 e. The summed E-state index contributed by atoms with van der Waals surface area (Å²) in [5.74, 6) is 1.36. The topological polar surface area (TPSA) is 65.4 Å². The second-order valence-corrected chi connectivity index (χ2v) is 8.90. The van der Waals surface area contributed by atoms with Gasteiger partial charge in [-0.25, -0.2) is 4.39 Å². The normalized spacial score (nSPS) is 20.6. The first kappa shape index (κ1) is 23.0. The summed E-state index contributed by atoms with van der Waals surface area (Å²) in [6, 6.07) is 16.4. The van der Waals surface area contributed by atoms with E-state index in [1.165, 1.54) is 6.07 Å². The Labute approximate surface area is 193 Å². The van der Waals surface area contributed by atoms with Crippen LogP contribution in [0.4, 0.5) is 10.2 Å². The number of rotatable bonds is 7. The maximum atomic E-state index is 14.3. The SMILES string of the molecule is CC(C)[C@@H]1C[C@H](c2ccccc2F)CO[C@H]1c1ccc(OCC(=O)Nc2ccn(C)n2)cc1. The summed E-state index contributed by atoms with van der Waals surface area (Å²) in [6.45, 7) is 4.75. The van der Waals surface area contributed by atoms with Crippen molar-refractivity contribution in [2.45, 2.75) is 32.3 Å². The summed E-state index contributed by atoms with van der Waals surface area (Å²) < 4.78 is 27.8. The molecule has 174 valence electrons. The van der Waals surface area contributed by atoms with Crippen LogP contribution >= 0.6 is 0 Å².